The van der Waals surface area contributed by atoms with E-state index in [0.29, 0.717) is 16.5 Å². The van der Waals surface area contributed by atoms with Crippen LogP contribution in [-0.4, -0.2) is 17.9 Å². The topological polar surface area (TPSA) is 59.5 Å². The lowest BCUT2D eigenvalue weighted by Crippen LogP contribution is -2.25. The number of amides is 1. The molecule has 0 atom stereocenters. The molecule has 5 heteroatoms. The highest BCUT2D eigenvalue weighted by Crippen LogP contribution is 2.17. The van der Waals surface area contributed by atoms with Crippen molar-refractivity contribution in [3.05, 3.63) is 53.5 Å². The first kappa shape index (κ1) is 13.3. The van der Waals surface area contributed by atoms with E-state index in [2.05, 4.69) is 0 Å². The molecule has 2 rings (SSSR count). The van der Waals surface area contributed by atoms with E-state index in [-0.39, 0.29) is 5.91 Å². The summed E-state index contributed by atoms with van der Waals surface area (Å²) >= 11 is 4.88. The fourth-order valence-electron chi connectivity index (χ4n) is 1.68. The standard InChI is InChI=1S/C14H14N2O2S/c1-9-3-8-12(18-9)14(17)16(2)11-6-4-10(5-7-11)13(15)19/h3-8H,1-2H3,(H2,15,19). The second kappa shape index (κ2) is 5.24. The van der Waals surface area contributed by atoms with Gasteiger partial charge in [-0.15, -0.1) is 0 Å². The first-order valence-electron chi connectivity index (χ1n) is 5.73. The van der Waals surface area contributed by atoms with Gasteiger partial charge in [0.25, 0.3) is 5.91 Å². The van der Waals surface area contributed by atoms with Crippen LogP contribution in [0.1, 0.15) is 21.9 Å². The molecule has 0 unspecified atom stereocenters. The fourth-order valence-corrected chi connectivity index (χ4v) is 1.82. The number of benzene rings is 1. The van der Waals surface area contributed by atoms with Crippen LogP contribution in [0.3, 0.4) is 0 Å². The molecule has 0 aliphatic rings. The molecule has 0 aliphatic heterocycles. The Morgan fingerprint density at radius 3 is 2.32 bits per heavy atom. The molecule has 19 heavy (non-hydrogen) atoms. The van der Waals surface area contributed by atoms with E-state index in [0.717, 1.165) is 11.3 Å². The van der Waals surface area contributed by atoms with Crippen LogP contribution in [0.25, 0.3) is 0 Å². The van der Waals surface area contributed by atoms with E-state index >= 15 is 0 Å². The van der Waals surface area contributed by atoms with E-state index in [4.69, 9.17) is 22.4 Å². The third-order valence-electron chi connectivity index (χ3n) is 2.79. The second-order valence-corrected chi connectivity index (χ2v) is 4.63. The van der Waals surface area contributed by atoms with E-state index in [1.807, 2.05) is 0 Å². The van der Waals surface area contributed by atoms with Gasteiger partial charge in [-0.25, -0.2) is 0 Å². The van der Waals surface area contributed by atoms with E-state index in [9.17, 15) is 4.79 Å². The molecule has 0 radical (unpaired) electrons. The molecule has 2 N–H and O–H groups in total. The van der Waals surface area contributed by atoms with Gasteiger partial charge in [0.1, 0.15) is 10.7 Å². The van der Waals surface area contributed by atoms with Crippen molar-refractivity contribution in [1.29, 1.82) is 0 Å². The van der Waals surface area contributed by atoms with Gasteiger partial charge in [-0.1, -0.05) is 12.2 Å². The summed E-state index contributed by atoms with van der Waals surface area (Å²) in [6.07, 6.45) is 0. The van der Waals surface area contributed by atoms with Gasteiger partial charge in [0.05, 0.1) is 0 Å². The van der Waals surface area contributed by atoms with Crippen LogP contribution in [0.5, 0.6) is 0 Å². The van der Waals surface area contributed by atoms with Crippen LogP contribution >= 0.6 is 12.2 Å². The largest absolute Gasteiger partial charge is 0.456 e. The van der Waals surface area contributed by atoms with Gasteiger partial charge < -0.3 is 15.1 Å². The number of thiocarbonyl (C=S) groups is 1. The Bertz CT molecular complexity index is 617. The maximum Gasteiger partial charge on any atom is 0.293 e. The number of aryl methyl sites for hydroxylation is 1. The Balaban J connectivity index is 2.21. The zero-order valence-electron chi connectivity index (χ0n) is 10.7. The molecule has 98 valence electrons. The summed E-state index contributed by atoms with van der Waals surface area (Å²) in [6.45, 7) is 1.80. The summed E-state index contributed by atoms with van der Waals surface area (Å²) < 4.78 is 5.32. The van der Waals surface area contributed by atoms with Crippen molar-refractivity contribution in [3.63, 3.8) is 0 Å². The summed E-state index contributed by atoms with van der Waals surface area (Å²) in [7, 11) is 1.69. The lowest BCUT2D eigenvalue weighted by atomic mass is 10.2. The van der Waals surface area contributed by atoms with Crippen LogP contribution in [0.15, 0.2) is 40.8 Å². The van der Waals surface area contributed by atoms with Crippen molar-refractivity contribution in [2.45, 2.75) is 6.92 Å². The fraction of sp³-hybridized carbons (Fsp3) is 0.143. The van der Waals surface area contributed by atoms with Crippen LogP contribution in [-0.2, 0) is 0 Å². The van der Waals surface area contributed by atoms with Crippen LogP contribution in [0, 0.1) is 6.92 Å². The maximum atomic E-state index is 12.2. The van der Waals surface area contributed by atoms with Crippen molar-refractivity contribution in [3.8, 4) is 0 Å². The second-order valence-electron chi connectivity index (χ2n) is 4.19. The number of hydrogen-bond acceptors (Lipinski definition) is 3. The van der Waals surface area contributed by atoms with Crippen molar-refractivity contribution in [2.75, 3.05) is 11.9 Å². The number of rotatable bonds is 3. The average molecular weight is 274 g/mol. The van der Waals surface area contributed by atoms with Crippen LogP contribution in [0.4, 0.5) is 5.69 Å². The van der Waals surface area contributed by atoms with E-state index in [1.54, 1.807) is 50.4 Å². The van der Waals surface area contributed by atoms with Gasteiger partial charge in [0, 0.05) is 18.3 Å². The molecule has 0 saturated heterocycles. The number of carbonyl (C=O) groups excluding carboxylic acids is 1. The molecule has 4 nitrogen and oxygen atoms in total. The maximum absolute atomic E-state index is 12.2. The number of nitrogens with two attached hydrogens (primary N) is 1. The molecule has 2 aromatic rings. The monoisotopic (exact) mass is 274 g/mol. The SMILES string of the molecule is Cc1ccc(C(=O)N(C)c2ccc(C(N)=S)cc2)o1. The number of furan rings is 1. The lowest BCUT2D eigenvalue weighted by Gasteiger charge is -2.16. The average Bonchev–Trinajstić information content (AvgIpc) is 2.84. The molecule has 0 aliphatic carbocycles. The summed E-state index contributed by atoms with van der Waals surface area (Å²) in [6, 6.07) is 10.6. The van der Waals surface area contributed by atoms with Gasteiger partial charge in [-0.3, -0.25) is 4.79 Å². The van der Waals surface area contributed by atoms with Gasteiger partial charge in [0.2, 0.25) is 0 Å². The Kier molecular flexibility index (Phi) is 3.66. The first-order chi connectivity index (χ1) is 8.99. The number of carbonyl (C=O) groups is 1. The first-order valence-corrected chi connectivity index (χ1v) is 6.14. The molecule has 0 spiro atoms. The molecule has 1 aromatic carbocycles. The zero-order valence-corrected chi connectivity index (χ0v) is 11.5. The number of hydrogen-bond donors (Lipinski definition) is 1. The normalized spacial score (nSPS) is 10.2. The van der Waals surface area contributed by atoms with Crippen molar-refractivity contribution >= 4 is 28.8 Å². The molecule has 1 amide bonds. The predicted molar refractivity (Wildman–Crippen MR) is 78.5 cm³/mol. The quantitative estimate of drug-likeness (QED) is 0.874. The summed E-state index contributed by atoms with van der Waals surface area (Å²) in [5.74, 6) is 0.829. The molecular formula is C14H14N2O2S. The van der Waals surface area contributed by atoms with Gasteiger partial charge in [-0.05, 0) is 43.3 Å². The molecule has 0 fully saturated rings. The summed E-state index contributed by atoms with van der Waals surface area (Å²) in [5, 5.41) is 0. The highest BCUT2D eigenvalue weighted by Gasteiger charge is 2.16. The Labute approximate surface area is 116 Å². The lowest BCUT2D eigenvalue weighted by molar-refractivity contribution is 0.0965. The summed E-state index contributed by atoms with van der Waals surface area (Å²) in [5.41, 5.74) is 7.05. The number of nitrogens with zero attached hydrogens (tertiary/aromatic N) is 1. The van der Waals surface area contributed by atoms with Gasteiger partial charge >= 0.3 is 0 Å². The summed E-state index contributed by atoms with van der Waals surface area (Å²) in [4.78, 5) is 14.0. The Morgan fingerprint density at radius 1 is 1.21 bits per heavy atom. The van der Waals surface area contributed by atoms with Crippen LogP contribution in [0.2, 0.25) is 0 Å². The molecule has 0 saturated carbocycles. The van der Waals surface area contributed by atoms with Crippen molar-refractivity contribution in [2.24, 2.45) is 5.73 Å². The van der Waals surface area contributed by atoms with E-state index in [1.165, 1.54) is 4.90 Å². The zero-order chi connectivity index (χ0) is 14.0. The van der Waals surface area contributed by atoms with Crippen LogP contribution < -0.4 is 10.6 Å². The molecule has 1 aromatic heterocycles. The third-order valence-corrected chi connectivity index (χ3v) is 3.03. The van der Waals surface area contributed by atoms with Gasteiger partial charge in [-0.2, -0.15) is 0 Å². The highest BCUT2D eigenvalue weighted by molar-refractivity contribution is 7.80. The molecular weight excluding hydrogens is 260 g/mol. The predicted octanol–water partition coefficient (Wildman–Crippen LogP) is 2.50. The minimum atomic E-state index is -0.198. The minimum absolute atomic E-state index is 0.198. The number of anilines is 1. The molecule has 1 heterocycles. The van der Waals surface area contributed by atoms with E-state index < -0.39 is 0 Å². The van der Waals surface area contributed by atoms with Crippen molar-refractivity contribution in [1.82, 2.24) is 0 Å². The minimum Gasteiger partial charge on any atom is -0.456 e. The Morgan fingerprint density at radius 2 is 1.84 bits per heavy atom. The smallest absolute Gasteiger partial charge is 0.293 e. The molecule has 0 bridgehead atoms. The highest BCUT2D eigenvalue weighted by atomic mass is 32.1. The Hall–Kier alpha value is -2.14. The third kappa shape index (κ3) is 2.82. The van der Waals surface area contributed by atoms with Gasteiger partial charge in [0.15, 0.2) is 5.76 Å². The van der Waals surface area contributed by atoms with Crippen molar-refractivity contribution < 1.29 is 9.21 Å².